The molecule has 22 heavy (non-hydrogen) atoms. The van der Waals surface area contributed by atoms with Crippen LogP contribution in [0.15, 0.2) is 24.5 Å². The minimum Gasteiger partial charge on any atom is -0.504 e. The lowest BCUT2D eigenvalue weighted by atomic mass is 10.0. The number of carbonyl (C=O) groups excluding carboxylic acids is 1. The van der Waals surface area contributed by atoms with Crippen LogP contribution < -0.4 is 5.32 Å². The van der Waals surface area contributed by atoms with Crippen molar-refractivity contribution in [3.63, 3.8) is 0 Å². The molecule has 0 heterocycles. The maximum atomic E-state index is 11.6. The first-order valence-corrected chi connectivity index (χ1v) is 6.75. The van der Waals surface area contributed by atoms with E-state index in [4.69, 9.17) is 9.47 Å². The Labute approximate surface area is 129 Å². The van der Waals surface area contributed by atoms with Crippen LogP contribution in [-0.4, -0.2) is 29.9 Å². The maximum Gasteiger partial charge on any atom is 0.407 e. The zero-order chi connectivity index (χ0) is 16.8. The Balaban J connectivity index is 2.81. The lowest BCUT2D eigenvalue weighted by molar-refractivity contribution is 0.0523. The molecule has 0 aliphatic carbocycles. The number of benzene rings is 1. The highest BCUT2D eigenvalue weighted by Gasteiger charge is 2.16. The molecule has 0 radical (unpaired) electrons. The van der Waals surface area contributed by atoms with Crippen molar-refractivity contribution in [1.82, 2.24) is 5.32 Å². The first-order valence-electron chi connectivity index (χ1n) is 6.75. The van der Waals surface area contributed by atoms with Crippen molar-refractivity contribution in [3.05, 3.63) is 41.2 Å². The molecule has 0 fully saturated rings. The van der Waals surface area contributed by atoms with E-state index in [0.29, 0.717) is 11.1 Å². The molecule has 6 heteroatoms. The molecule has 0 unspecified atom stereocenters. The van der Waals surface area contributed by atoms with Gasteiger partial charge in [0.15, 0.2) is 0 Å². The summed E-state index contributed by atoms with van der Waals surface area (Å²) in [5.74, 6) is -1.05. The molecule has 1 aromatic rings. The number of carboxylic acids is 1. The van der Waals surface area contributed by atoms with Gasteiger partial charge in [0.1, 0.15) is 5.60 Å². The van der Waals surface area contributed by atoms with Gasteiger partial charge in [-0.25, -0.2) is 9.59 Å². The van der Waals surface area contributed by atoms with Crippen LogP contribution in [0.2, 0.25) is 0 Å². The van der Waals surface area contributed by atoms with Crippen LogP contribution in [0.3, 0.4) is 0 Å². The average molecular weight is 307 g/mol. The fourth-order valence-electron chi connectivity index (χ4n) is 1.67. The molecular formula is C16H21NO5. The van der Waals surface area contributed by atoms with Crippen LogP contribution in [0.4, 0.5) is 4.79 Å². The van der Waals surface area contributed by atoms with Gasteiger partial charge in [0.25, 0.3) is 0 Å². The van der Waals surface area contributed by atoms with Crippen LogP contribution in [0.25, 0.3) is 6.08 Å². The number of nitrogens with one attached hydrogen (secondary N) is 1. The smallest absolute Gasteiger partial charge is 0.407 e. The summed E-state index contributed by atoms with van der Waals surface area (Å²) in [7, 11) is 1.48. The highest BCUT2D eigenvalue weighted by atomic mass is 16.6. The largest absolute Gasteiger partial charge is 0.504 e. The van der Waals surface area contributed by atoms with Crippen molar-refractivity contribution in [2.45, 2.75) is 32.9 Å². The van der Waals surface area contributed by atoms with Crippen LogP contribution in [0, 0.1) is 0 Å². The second-order valence-corrected chi connectivity index (χ2v) is 5.62. The van der Waals surface area contributed by atoms with Crippen LogP contribution >= 0.6 is 0 Å². The standard InChI is InChI=1S/C16H21NO5/c1-16(2,3)22-15(20)17-10-11-5-6-12(7-8-21-4)13(9-11)14(18)19/h5-9H,10H2,1-4H3,(H,17,20)(H,18,19)/b8-7+. The van der Waals surface area contributed by atoms with Gasteiger partial charge in [-0.15, -0.1) is 0 Å². The summed E-state index contributed by atoms with van der Waals surface area (Å²) in [5, 5.41) is 11.8. The Morgan fingerprint density at radius 3 is 2.55 bits per heavy atom. The number of carbonyl (C=O) groups is 2. The lowest BCUT2D eigenvalue weighted by Crippen LogP contribution is -2.32. The summed E-state index contributed by atoms with van der Waals surface area (Å²) in [5.41, 5.74) is 0.746. The third-order valence-corrected chi connectivity index (χ3v) is 2.57. The van der Waals surface area contributed by atoms with E-state index in [1.807, 2.05) is 0 Å². The summed E-state index contributed by atoms with van der Waals surface area (Å²) in [6.07, 6.45) is 2.42. The van der Waals surface area contributed by atoms with Gasteiger partial charge in [-0.3, -0.25) is 0 Å². The summed E-state index contributed by atoms with van der Waals surface area (Å²) < 4.78 is 9.91. The number of hydrogen-bond acceptors (Lipinski definition) is 4. The fraction of sp³-hybridized carbons (Fsp3) is 0.375. The molecule has 0 aliphatic rings. The summed E-state index contributed by atoms with van der Waals surface area (Å²) in [4.78, 5) is 22.9. The molecule has 0 saturated heterocycles. The molecule has 0 spiro atoms. The zero-order valence-electron chi connectivity index (χ0n) is 13.2. The Bertz CT molecular complexity index is 572. The van der Waals surface area contributed by atoms with E-state index < -0.39 is 17.7 Å². The van der Waals surface area contributed by atoms with E-state index in [2.05, 4.69) is 5.32 Å². The Kier molecular flexibility index (Phi) is 5.98. The number of ether oxygens (including phenoxy) is 2. The molecule has 0 atom stereocenters. The Morgan fingerprint density at radius 2 is 2.00 bits per heavy atom. The number of methoxy groups -OCH3 is 1. The van der Waals surface area contributed by atoms with E-state index in [9.17, 15) is 14.7 Å². The van der Waals surface area contributed by atoms with Gasteiger partial charge >= 0.3 is 12.1 Å². The number of hydrogen-bond donors (Lipinski definition) is 2. The van der Waals surface area contributed by atoms with Crippen molar-refractivity contribution in [2.24, 2.45) is 0 Å². The molecule has 0 bridgehead atoms. The van der Waals surface area contributed by atoms with Gasteiger partial charge in [-0.05, 0) is 44.0 Å². The second-order valence-electron chi connectivity index (χ2n) is 5.62. The van der Waals surface area contributed by atoms with Crippen LogP contribution in [-0.2, 0) is 16.0 Å². The highest BCUT2D eigenvalue weighted by molar-refractivity contribution is 5.92. The van der Waals surface area contributed by atoms with Crippen LogP contribution in [0.1, 0.15) is 42.3 Å². The van der Waals surface area contributed by atoms with Crippen molar-refractivity contribution in [1.29, 1.82) is 0 Å². The first kappa shape index (κ1) is 17.6. The third-order valence-electron chi connectivity index (χ3n) is 2.57. The number of rotatable bonds is 5. The molecule has 1 rings (SSSR count). The van der Waals surface area contributed by atoms with E-state index in [1.165, 1.54) is 19.4 Å². The molecular weight excluding hydrogens is 286 g/mol. The van der Waals surface area contributed by atoms with Gasteiger partial charge in [0.2, 0.25) is 0 Å². The molecule has 0 aliphatic heterocycles. The SMILES string of the molecule is CO/C=C/c1ccc(CNC(=O)OC(C)(C)C)cc1C(=O)O. The molecule has 1 amide bonds. The minimum absolute atomic E-state index is 0.136. The van der Waals surface area contributed by atoms with E-state index in [1.54, 1.807) is 39.0 Å². The highest BCUT2D eigenvalue weighted by Crippen LogP contribution is 2.15. The quantitative estimate of drug-likeness (QED) is 0.817. The molecule has 120 valence electrons. The molecule has 1 aromatic carbocycles. The zero-order valence-corrected chi connectivity index (χ0v) is 13.2. The Hall–Kier alpha value is -2.50. The third kappa shape index (κ3) is 5.87. The Morgan fingerprint density at radius 1 is 1.32 bits per heavy atom. The topological polar surface area (TPSA) is 84.9 Å². The van der Waals surface area contributed by atoms with Crippen molar-refractivity contribution >= 4 is 18.1 Å². The van der Waals surface area contributed by atoms with Crippen molar-refractivity contribution < 1.29 is 24.2 Å². The average Bonchev–Trinajstić information content (AvgIpc) is 2.41. The number of carboxylic acid groups (broad SMARTS) is 1. The van der Waals surface area contributed by atoms with Gasteiger partial charge in [-0.1, -0.05) is 12.1 Å². The van der Waals surface area contributed by atoms with Crippen molar-refractivity contribution in [2.75, 3.05) is 7.11 Å². The van der Waals surface area contributed by atoms with E-state index in [0.717, 1.165) is 0 Å². The normalized spacial score (nSPS) is 11.3. The minimum atomic E-state index is -1.05. The molecule has 2 N–H and O–H groups in total. The summed E-state index contributed by atoms with van der Waals surface area (Å²) in [6.45, 7) is 5.49. The van der Waals surface area contributed by atoms with Crippen LogP contribution in [0.5, 0.6) is 0 Å². The lowest BCUT2D eigenvalue weighted by Gasteiger charge is -2.19. The number of amides is 1. The second kappa shape index (κ2) is 7.49. The van der Waals surface area contributed by atoms with Gasteiger partial charge in [0.05, 0.1) is 18.9 Å². The summed E-state index contributed by atoms with van der Waals surface area (Å²) in [6, 6.07) is 4.90. The monoisotopic (exact) mass is 307 g/mol. The maximum absolute atomic E-state index is 11.6. The fourth-order valence-corrected chi connectivity index (χ4v) is 1.67. The summed E-state index contributed by atoms with van der Waals surface area (Å²) >= 11 is 0. The van der Waals surface area contributed by atoms with E-state index in [-0.39, 0.29) is 12.1 Å². The molecule has 0 saturated carbocycles. The van der Waals surface area contributed by atoms with Crippen molar-refractivity contribution in [3.8, 4) is 0 Å². The first-order chi connectivity index (χ1) is 10.2. The number of alkyl carbamates (subject to hydrolysis) is 1. The predicted octanol–water partition coefficient (Wildman–Crippen LogP) is 3.03. The van der Waals surface area contributed by atoms with Gasteiger partial charge in [0, 0.05) is 6.54 Å². The predicted molar refractivity (Wildman–Crippen MR) is 82.5 cm³/mol. The number of aromatic carboxylic acids is 1. The molecule has 6 nitrogen and oxygen atoms in total. The van der Waals surface area contributed by atoms with Gasteiger partial charge < -0.3 is 19.9 Å². The molecule has 0 aromatic heterocycles. The van der Waals surface area contributed by atoms with Gasteiger partial charge in [-0.2, -0.15) is 0 Å². The van der Waals surface area contributed by atoms with E-state index >= 15 is 0 Å².